The van der Waals surface area contributed by atoms with Crippen LogP contribution in [0.2, 0.25) is 0 Å². The molecule has 3 heterocycles. The van der Waals surface area contributed by atoms with E-state index in [1.165, 1.54) is 0 Å². The Kier molecular flexibility index (Phi) is 6.83. The van der Waals surface area contributed by atoms with E-state index in [1.807, 2.05) is 24.3 Å². The number of rotatable bonds is 3. The average Bonchev–Trinajstić information content (AvgIpc) is 3.18. The fourth-order valence-electron chi connectivity index (χ4n) is 2.78. The number of halogens is 1. The van der Waals surface area contributed by atoms with Gasteiger partial charge in [-0.1, -0.05) is 24.3 Å². The number of nitrogens with two attached hydrogens (primary N) is 1. The molecule has 11 nitrogen and oxygen atoms in total. The molecule has 0 spiro atoms. The number of nitrogens with one attached hydrogen (secondary N) is 1. The Morgan fingerprint density at radius 1 is 1.31 bits per heavy atom. The first-order chi connectivity index (χ1) is 12.1. The summed E-state index contributed by atoms with van der Waals surface area (Å²) in [5.41, 5.74) is 2.50. The highest BCUT2D eigenvalue weighted by molar-refractivity contribution is 5.90. The number of aliphatic hydroxyl groups is 1. The molecule has 26 heavy (non-hydrogen) atoms. The summed E-state index contributed by atoms with van der Waals surface area (Å²) in [4.78, 5) is 14.4. The summed E-state index contributed by atoms with van der Waals surface area (Å²) in [6.45, 7) is 0.236. The predicted molar refractivity (Wildman–Crippen MR) is 92.0 cm³/mol. The van der Waals surface area contributed by atoms with Gasteiger partial charge in [0, 0.05) is 10.8 Å². The molecule has 0 amide bonds. The van der Waals surface area contributed by atoms with E-state index in [0.717, 1.165) is 10.8 Å². The van der Waals surface area contributed by atoms with Crippen molar-refractivity contribution >= 4 is 29.0 Å². The lowest BCUT2D eigenvalue weighted by atomic mass is 10.1. The first kappa shape index (κ1) is 20.0. The van der Waals surface area contributed by atoms with Crippen LogP contribution >= 0.6 is 12.4 Å². The fourth-order valence-corrected chi connectivity index (χ4v) is 2.78. The average molecular weight is 388 g/mol. The molecule has 4 rings (SSSR count). The van der Waals surface area contributed by atoms with Gasteiger partial charge in [0.15, 0.2) is 11.9 Å². The van der Waals surface area contributed by atoms with Crippen molar-refractivity contribution in [1.82, 2.24) is 10.2 Å². The molecule has 1 aromatic carbocycles. The Balaban J connectivity index is 0.000000180. The molecule has 1 aromatic heterocycles. The molecule has 2 aliphatic rings. The zero-order valence-corrected chi connectivity index (χ0v) is 14.2. The topological polar surface area (TPSA) is 155 Å². The van der Waals surface area contributed by atoms with Crippen LogP contribution in [0.1, 0.15) is 0 Å². The molecule has 0 radical (unpaired) electrons. The lowest BCUT2D eigenvalue weighted by molar-refractivity contribution is -0.769. The third kappa shape index (κ3) is 4.26. The van der Waals surface area contributed by atoms with Crippen LogP contribution in [0.25, 0.3) is 10.8 Å². The van der Waals surface area contributed by atoms with Crippen molar-refractivity contribution < 1.29 is 24.5 Å². The summed E-state index contributed by atoms with van der Waals surface area (Å²) in [6.07, 6.45) is -0.705. The van der Waals surface area contributed by atoms with Crippen molar-refractivity contribution in [3.05, 3.63) is 40.6 Å². The zero-order chi connectivity index (χ0) is 17.8. The Morgan fingerprint density at radius 2 is 2.04 bits per heavy atom. The third-order valence-corrected chi connectivity index (χ3v) is 3.91. The van der Waals surface area contributed by atoms with Gasteiger partial charge in [0.1, 0.15) is 18.3 Å². The summed E-state index contributed by atoms with van der Waals surface area (Å²) in [5.74, 6) is 5.87. The third-order valence-electron chi connectivity index (χ3n) is 3.91. The quantitative estimate of drug-likeness (QED) is 0.374. The lowest BCUT2D eigenvalue weighted by Crippen LogP contribution is -2.33. The number of aromatic nitrogens is 2. The standard InChI is InChI=1S/C8H8N4.C6H9NO6.ClH/c9-11-8-7-4-2-1-3-6(7)5-10-12-8;8-3-1-11-6-4(13-7(9)10)2-12-5(3)6;/h1-5H,9H2,(H,11,12);3-6,8H,1-2H2;1H/t;3-,4+,5+,6+;/m.0./s1. The lowest BCUT2D eigenvalue weighted by Gasteiger charge is -2.12. The van der Waals surface area contributed by atoms with E-state index in [-0.39, 0.29) is 25.6 Å². The molecular weight excluding hydrogens is 370 g/mol. The molecular formula is C14H18ClN5O6. The molecule has 4 atom stereocenters. The van der Waals surface area contributed by atoms with E-state index in [1.54, 1.807) is 6.20 Å². The molecule has 2 aliphatic heterocycles. The van der Waals surface area contributed by atoms with E-state index in [0.29, 0.717) is 5.82 Å². The van der Waals surface area contributed by atoms with Crippen molar-refractivity contribution in [2.45, 2.75) is 24.4 Å². The molecule has 0 saturated carbocycles. The number of benzene rings is 1. The summed E-state index contributed by atoms with van der Waals surface area (Å²) in [7, 11) is 0. The zero-order valence-electron chi connectivity index (χ0n) is 13.4. The summed E-state index contributed by atoms with van der Waals surface area (Å²) < 4.78 is 10.2. The van der Waals surface area contributed by atoms with Crippen LogP contribution < -0.4 is 11.3 Å². The smallest absolute Gasteiger partial charge is 0.294 e. The fraction of sp³-hybridized carbons (Fsp3) is 0.429. The second-order valence-electron chi connectivity index (χ2n) is 5.46. The summed E-state index contributed by atoms with van der Waals surface area (Å²) in [6, 6.07) is 7.79. The molecule has 2 aromatic rings. The second-order valence-corrected chi connectivity index (χ2v) is 5.46. The van der Waals surface area contributed by atoms with Gasteiger partial charge in [0.2, 0.25) is 0 Å². The summed E-state index contributed by atoms with van der Waals surface area (Å²) >= 11 is 0. The Bertz CT molecular complexity index is 747. The number of hydrogen-bond donors (Lipinski definition) is 3. The summed E-state index contributed by atoms with van der Waals surface area (Å²) in [5, 5.41) is 28.1. The predicted octanol–water partition coefficient (Wildman–Crippen LogP) is 0.0590. The van der Waals surface area contributed by atoms with Crippen molar-refractivity contribution in [1.29, 1.82) is 0 Å². The van der Waals surface area contributed by atoms with Crippen molar-refractivity contribution in [2.75, 3.05) is 18.6 Å². The van der Waals surface area contributed by atoms with Crippen molar-refractivity contribution in [3.8, 4) is 0 Å². The number of aliphatic hydroxyl groups excluding tert-OH is 1. The number of nitrogens with zero attached hydrogens (tertiary/aromatic N) is 3. The number of ether oxygens (including phenoxy) is 2. The van der Waals surface area contributed by atoms with Crippen molar-refractivity contribution in [2.24, 2.45) is 5.84 Å². The minimum absolute atomic E-state index is 0. The maximum absolute atomic E-state index is 10.0. The normalized spacial score (nSPS) is 26.2. The SMILES string of the molecule is Cl.NNc1nncc2ccccc12.O=[N+]([O-])O[C@@H]1CO[C@H]2[C@@H]1OC[C@@H]2O. The van der Waals surface area contributed by atoms with Gasteiger partial charge in [-0.25, -0.2) is 5.84 Å². The van der Waals surface area contributed by atoms with Gasteiger partial charge in [-0.3, -0.25) is 0 Å². The van der Waals surface area contributed by atoms with Gasteiger partial charge < -0.3 is 24.8 Å². The van der Waals surface area contributed by atoms with E-state index in [2.05, 4.69) is 20.5 Å². The van der Waals surface area contributed by atoms with Crippen LogP contribution in [-0.4, -0.2) is 58.0 Å². The number of anilines is 1. The number of hydrazine groups is 1. The van der Waals surface area contributed by atoms with Crippen LogP contribution in [0.15, 0.2) is 30.5 Å². The largest absolute Gasteiger partial charge is 0.388 e. The number of nitrogen functional groups attached to an aromatic ring is 1. The van der Waals surface area contributed by atoms with E-state index in [9.17, 15) is 15.2 Å². The van der Waals surface area contributed by atoms with Crippen LogP contribution in [0.5, 0.6) is 0 Å². The highest BCUT2D eigenvalue weighted by Crippen LogP contribution is 2.28. The van der Waals surface area contributed by atoms with Crippen molar-refractivity contribution in [3.63, 3.8) is 0 Å². The Labute approximate surface area is 153 Å². The van der Waals surface area contributed by atoms with Gasteiger partial charge in [-0.15, -0.1) is 27.6 Å². The van der Waals surface area contributed by atoms with E-state index in [4.69, 9.17) is 15.3 Å². The Hall–Kier alpha value is -2.31. The Morgan fingerprint density at radius 3 is 2.77 bits per heavy atom. The molecule has 12 heteroatoms. The van der Waals surface area contributed by atoms with Crippen LogP contribution in [0.4, 0.5) is 5.82 Å². The molecule has 142 valence electrons. The molecule has 0 aliphatic carbocycles. The minimum atomic E-state index is -0.871. The van der Waals surface area contributed by atoms with Gasteiger partial charge in [0.25, 0.3) is 5.09 Å². The van der Waals surface area contributed by atoms with Crippen LogP contribution in [0.3, 0.4) is 0 Å². The highest BCUT2D eigenvalue weighted by Gasteiger charge is 2.48. The molecule has 2 saturated heterocycles. The van der Waals surface area contributed by atoms with Gasteiger partial charge in [-0.05, 0) is 0 Å². The maximum atomic E-state index is 10.0. The van der Waals surface area contributed by atoms with Crippen LogP contribution in [0, 0.1) is 10.1 Å². The first-order valence-corrected chi connectivity index (χ1v) is 7.49. The number of fused-ring (bicyclic) bond motifs is 2. The first-order valence-electron chi connectivity index (χ1n) is 7.49. The van der Waals surface area contributed by atoms with E-state index < -0.39 is 29.5 Å². The minimum Gasteiger partial charge on any atom is -0.388 e. The van der Waals surface area contributed by atoms with Crippen LogP contribution in [-0.2, 0) is 14.3 Å². The van der Waals surface area contributed by atoms with E-state index >= 15 is 0 Å². The monoisotopic (exact) mass is 387 g/mol. The van der Waals surface area contributed by atoms with Gasteiger partial charge in [0.05, 0.1) is 19.4 Å². The van der Waals surface area contributed by atoms with Gasteiger partial charge in [-0.2, -0.15) is 5.10 Å². The maximum Gasteiger partial charge on any atom is 0.294 e. The number of hydrogen-bond acceptors (Lipinski definition) is 10. The molecule has 4 N–H and O–H groups in total. The molecule has 0 bridgehead atoms. The molecule has 2 fully saturated rings. The molecule has 0 unspecified atom stereocenters. The second kappa shape index (κ2) is 8.87. The highest BCUT2D eigenvalue weighted by atomic mass is 35.5. The van der Waals surface area contributed by atoms with Gasteiger partial charge >= 0.3 is 0 Å².